The smallest absolute Gasteiger partial charge is 0.303 e. The molecule has 0 aromatic heterocycles. The first kappa shape index (κ1) is 14.2. The summed E-state index contributed by atoms with van der Waals surface area (Å²) >= 11 is 0. The molecule has 1 amide bonds. The van der Waals surface area contributed by atoms with Crippen molar-refractivity contribution < 1.29 is 14.7 Å². The molecule has 0 radical (unpaired) electrons. The first-order valence-corrected chi connectivity index (χ1v) is 6.22. The summed E-state index contributed by atoms with van der Waals surface area (Å²) in [5.74, 6) is -0.806. The van der Waals surface area contributed by atoms with Crippen LogP contribution >= 0.6 is 0 Å². The fourth-order valence-electron chi connectivity index (χ4n) is 1.62. The van der Waals surface area contributed by atoms with Gasteiger partial charge in [0.15, 0.2) is 0 Å². The highest BCUT2D eigenvalue weighted by atomic mass is 16.4. The lowest BCUT2D eigenvalue weighted by molar-refractivity contribution is -0.137. The van der Waals surface area contributed by atoms with Crippen molar-refractivity contribution in [1.29, 1.82) is 0 Å². The summed E-state index contributed by atoms with van der Waals surface area (Å²) in [7, 11) is 0. The first-order chi connectivity index (χ1) is 8.61. The number of carbonyl (C=O) groups is 2. The second kappa shape index (κ2) is 7.48. The molecule has 0 aliphatic rings. The molecule has 18 heavy (non-hydrogen) atoms. The molecular weight excluding hydrogens is 230 g/mol. The number of carboxylic acids is 1. The predicted molar refractivity (Wildman–Crippen MR) is 70.6 cm³/mol. The van der Waals surface area contributed by atoms with Crippen molar-refractivity contribution in [2.75, 3.05) is 5.32 Å². The number of anilines is 1. The number of unbranched alkanes of at least 4 members (excludes halogenated alkanes) is 1. The molecular formula is C14H19NO3. The molecule has 1 aromatic carbocycles. The molecule has 0 bridgehead atoms. The van der Waals surface area contributed by atoms with Gasteiger partial charge in [-0.2, -0.15) is 0 Å². The number of amides is 1. The summed E-state index contributed by atoms with van der Waals surface area (Å²) in [6.45, 7) is 2.04. The van der Waals surface area contributed by atoms with Gasteiger partial charge in [-0.05, 0) is 30.5 Å². The highest BCUT2D eigenvalue weighted by molar-refractivity contribution is 5.90. The van der Waals surface area contributed by atoms with Gasteiger partial charge in [0.1, 0.15) is 0 Å². The lowest BCUT2D eigenvalue weighted by Crippen LogP contribution is -2.11. The van der Waals surface area contributed by atoms with Gasteiger partial charge in [-0.25, -0.2) is 0 Å². The summed E-state index contributed by atoms with van der Waals surface area (Å²) in [5.41, 5.74) is 1.66. The first-order valence-electron chi connectivity index (χ1n) is 6.22. The van der Waals surface area contributed by atoms with Crippen LogP contribution in [0.3, 0.4) is 0 Å². The Morgan fingerprint density at radius 1 is 1.28 bits per heavy atom. The van der Waals surface area contributed by atoms with E-state index >= 15 is 0 Å². The maximum atomic E-state index is 11.5. The van der Waals surface area contributed by atoms with Gasteiger partial charge in [0.2, 0.25) is 5.91 Å². The summed E-state index contributed by atoms with van der Waals surface area (Å²) in [4.78, 5) is 22.0. The van der Waals surface area contributed by atoms with Crippen LogP contribution < -0.4 is 5.32 Å². The molecule has 0 fully saturated rings. The molecule has 0 unspecified atom stereocenters. The summed E-state index contributed by atoms with van der Waals surface area (Å²) in [6.07, 6.45) is 2.98. The van der Waals surface area contributed by atoms with Crippen LogP contribution in [0.2, 0.25) is 0 Å². The van der Waals surface area contributed by atoms with Crippen molar-refractivity contribution in [2.24, 2.45) is 0 Å². The van der Waals surface area contributed by atoms with E-state index in [2.05, 4.69) is 5.32 Å². The summed E-state index contributed by atoms with van der Waals surface area (Å²) in [6, 6.07) is 7.33. The van der Waals surface area contributed by atoms with E-state index in [1.807, 2.05) is 31.2 Å². The SMILES string of the molecule is CCCCC(=O)Nc1cccc(CCC(=O)O)c1. The van der Waals surface area contributed by atoms with Crippen molar-refractivity contribution in [3.8, 4) is 0 Å². The molecule has 0 aliphatic carbocycles. The lowest BCUT2D eigenvalue weighted by atomic mass is 10.1. The van der Waals surface area contributed by atoms with Gasteiger partial charge in [-0.1, -0.05) is 25.5 Å². The third kappa shape index (κ3) is 5.48. The molecule has 4 nitrogen and oxygen atoms in total. The number of rotatable bonds is 7. The van der Waals surface area contributed by atoms with Gasteiger partial charge < -0.3 is 10.4 Å². The zero-order valence-corrected chi connectivity index (χ0v) is 10.6. The molecule has 1 rings (SSSR count). The molecule has 98 valence electrons. The Morgan fingerprint density at radius 3 is 2.72 bits per heavy atom. The zero-order valence-electron chi connectivity index (χ0n) is 10.6. The normalized spacial score (nSPS) is 10.1. The largest absolute Gasteiger partial charge is 0.481 e. The monoisotopic (exact) mass is 249 g/mol. The van der Waals surface area contributed by atoms with Crippen LogP contribution in [0.4, 0.5) is 5.69 Å². The Labute approximate surface area is 107 Å². The van der Waals surface area contributed by atoms with Crippen molar-refractivity contribution in [2.45, 2.75) is 39.0 Å². The number of aryl methyl sites for hydroxylation is 1. The van der Waals surface area contributed by atoms with Crippen LogP contribution in [-0.4, -0.2) is 17.0 Å². The molecule has 0 heterocycles. The predicted octanol–water partition coefficient (Wildman–Crippen LogP) is 2.83. The van der Waals surface area contributed by atoms with E-state index in [4.69, 9.17) is 5.11 Å². The van der Waals surface area contributed by atoms with Crippen LogP contribution in [0, 0.1) is 0 Å². The average Bonchev–Trinajstić information content (AvgIpc) is 2.34. The van der Waals surface area contributed by atoms with E-state index in [-0.39, 0.29) is 12.3 Å². The summed E-state index contributed by atoms with van der Waals surface area (Å²) < 4.78 is 0. The maximum Gasteiger partial charge on any atom is 0.303 e. The zero-order chi connectivity index (χ0) is 13.4. The maximum absolute atomic E-state index is 11.5. The lowest BCUT2D eigenvalue weighted by Gasteiger charge is -2.06. The molecule has 4 heteroatoms. The quantitative estimate of drug-likeness (QED) is 0.780. The minimum absolute atomic E-state index is 0.00670. The summed E-state index contributed by atoms with van der Waals surface area (Å²) in [5, 5.41) is 11.4. The molecule has 0 aliphatic heterocycles. The highest BCUT2D eigenvalue weighted by Crippen LogP contribution is 2.13. The number of carboxylic acid groups (broad SMARTS) is 1. The van der Waals surface area contributed by atoms with Gasteiger partial charge in [-0.15, -0.1) is 0 Å². The van der Waals surface area contributed by atoms with E-state index in [0.717, 1.165) is 24.1 Å². The average molecular weight is 249 g/mol. The van der Waals surface area contributed by atoms with Gasteiger partial charge >= 0.3 is 5.97 Å². The van der Waals surface area contributed by atoms with Crippen molar-refractivity contribution in [3.05, 3.63) is 29.8 Å². The molecule has 2 N–H and O–H groups in total. The third-order valence-electron chi connectivity index (χ3n) is 2.60. The molecule has 0 saturated heterocycles. The van der Waals surface area contributed by atoms with Gasteiger partial charge in [-0.3, -0.25) is 9.59 Å². The Hall–Kier alpha value is -1.84. The fourth-order valence-corrected chi connectivity index (χ4v) is 1.62. The van der Waals surface area contributed by atoms with Crippen LogP contribution in [-0.2, 0) is 16.0 Å². The van der Waals surface area contributed by atoms with Crippen molar-refractivity contribution in [3.63, 3.8) is 0 Å². The minimum Gasteiger partial charge on any atom is -0.481 e. The van der Waals surface area contributed by atoms with Gasteiger partial charge in [0.05, 0.1) is 0 Å². The highest BCUT2D eigenvalue weighted by Gasteiger charge is 2.03. The second-order valence-corrected chi connectivity index (χ2v) is 4.25. The Morgan fingerprint density at radius 2 is 2.06 bits per heavy atom. The van der Waals surface area contributed by atoms with E-state index in [1.165, 1.54) is 0 Å². The topological polar surface area (TPSA) is 66.4 Å². The van der Waals surface area contributed by atoms with Gasteiger partial charge in [0.25, 0.3) is 0 Å². The van der Waals surface area contributed by atoms with E-state index in [9.17, 15) is 9.59 Å². The minimum atomic E-state index is -0.813. The number of aliphatic carboxylic acids is 1. The molecule has 0 spiro atoms. The van der Waals surface area contributed by atoms with Crippen molar-refractivity contribution in [1.82, 2.24) is 0 Å². The second-order valence-electron chi connectivity index (χ2n) is 4.25. The van der Waals surface area contributed by atoms with Gasteiger partial charge in [0, 0.05) is 18.5 Å². The van der Waals surface area contributed by atoms with E-state index < -0.39 is 5.97 Å². The van der Waals surface area contributed by atoms with Crippen LogP contribution in [0.25, 0.3) is 0 Å². The number of hydrogen-bond acceptors (Lipinski definition) is 2. The van der Waals surface area contributed by atoms with Crippen molar-refractivity contribution >= 4 is 17.6 Å². The number of carbonyl (C=O) groups excluding carboxylic acids is 1. The number of hydrogen-bond donors (Lipinski definition) is 2. The number of nitrogens with one attached hydrogen (secondary N) is 1. The van der Waals surface area contributed by atoms with E-state index in [0.29, 0.717) is 12.8 Å². The third-order valence-corrected chi connectivity index (χ3v) is 2.60. The van der Waals surface area contributed by atoms with Crippen LogP contribution in [0.5, 0.6) is 0 Å². The Balaban J connectivity index is 2.53. The van der Waals surface area contributed by atoms with E-state index in [1.54, 1.807) is 0 Å². The molecule has 0 atom stereocenters. The fraction of sp³-hybridized carbons (Fsp3) is 0.429. The number of benzene rings is 1. The molecule has 0 saturated carbocycles. The Kier molecular flexibility index (Phi) is 5.91. The molecule has 1 aromatic rings. The van der Waals surface area contributed by atoms with Crippen LogP contribution in [0.1, 0.15) is 38.2 Å². The van der Waals surface area contributed by atoms with Crippen LogP contribution in [0.15, 0.2) is 24.3 Å². The Bertz CT molecular complexity index is 415. The standard InChI is InChI=1S/C14H19NO3/c1-2-3-7-13(16)15-12-6-4-5-11(10-12)8-9-14(17)18/h4-6,10H,2-3,7-9H2,1H3,(H,15,16)(H,17,18).